The highest BCUT2D eigenvalue weighted by atomic mass is 16.5. The number of ether oxygens (including phenoxy) is 1. The summed E-state index contributed by atoms with van der Waals surface area (Å²) in [4.78, 5) is 37.5. The summed E-state index contributed by atoms with van der Waals surface area (Å²) in [6.45, 7) is 3.94. The normalized spacial score (nSPS) is 15.4. The first-order valence-corrected chi connectivity index (χ1v) is 5.87. The van der Waals surface area contributed by atoms with Crippen LogP contribution in [0.2, 0.25) is 0 Å². The summed E-state index contributed by atoms with van der Waals surface area (Å²) in [6, 6.07) is 0. The highest BCUT2D eigenvalue weighted by molar-refractivity contribution is 6.35. The molecular formula is C11H19N3O4. The summed E-state index contributed by atoms with van der Waals surface area (Å²) in [6.07, 6.45) is 0. The van der Waals surface area contributed by atoms with E-state index in [2.05, 4.69) is 5.32 Å². The fourth-order valence-corrected chi connectivity index (χ4v) is 1.71. The molecular weight excluding hydrogens is 238 g/mol. The molecule has 1 aliphatic rings. The van der Waals surface area contributed by atoms with E-state index in [0.717, 1.165) is 0 Å². The van der Waals surface area contributed by atoms with Crippen molar-refractivity contribution in [2.24, 2.45) is 0 Å². The van der Waals surface area contributed by atoms with Crippen LogP contribution in [0.5, 0.6) is 0 Å². The number of carbonyl (C=O) groups excluding carboxylic acids is 3. The molecule has 0 aromatic rings. The van der Waals surface area contributed by atoms with E-state index in [-0.39, 0.29) is 5.91 Å². The van der Waals surface area contributed by atoms with Crippen LogP contribution in [0.25, 0.3) is 0 Å². The summed E-state index contributed by atoms with van der Waals surface area (Å²) < 4.78 is 4.77. The van der Waals surface area contributed by atoms with E-state index in [4.69, 9.17) is 4.74 Å². The van der Waals surface area contributed by atoms with Crippen LogP contribution in [-0.4, -0.2) is 74.0 Å². The maximum absolute atomic E-state index is 11.7. The van der Waals surface area contributed by atoms with Gasteiger partial charge in [0.2, 0.25) is 5.91 Å². The van der Waals surface area contributed by atoms with E-state index in [1.165, 1.54) is 18.9 Å². The minimum atomic E-state index is -0.622. The first-order chi connectivity index (χ1) is 8.56. The zero-order chi connectivity index (χ0) is 13.5. The molecule has 0 aliphatic carbocycles. The zero-order valence-electron chi connectivity index (χ0n) is 10.8. The van der Waals surface area contributed by atoms with Gasteiger partial charge in [-0.05, 0) is 0 Å². The van der Waals surface area contributed by atoms with Gasteiger partial charge in [0.1, 0.15) is 0 Å². The van der Waals surface area contributed by atoms with Crippen molar-refractivity contribution in [3.05, 3.63) is 0 Å². The molecule has 0 unspecified atom stereocenters. The molecule has 18 heavy (non-hydrogen) atoms. The number of nitrogens with one attached hydrogen (secondary N) is 1. The third-order valence-corrected chi connectivity index (χ3v) is 2.80. The van der Waals surface area contributed by atoms with E-state index in [9.17, 15) is 14.4 Å². The Bertz CT molecular complexity index is 324. The number of methoxy groups -OCH3 is 1. The monoisotopic (exact) mass is 257 g/mol. The molecule has 1 N–H and O–H groups in total. The lowest BCUT2D eigenvalue weighted by Crippen LogP contribution is -2.53. The minimum Gasteiger partial charge on any atom is -0.383 e. The molecule has 102 valence electrons. The van der Waals surface area contributed by atoms with Gasteiger partial charge in [0.25, 0.3) is 0 Å². The molecule has 0 spiro atoms. The van der Waals surface area contributed by atoms with Crippen molar-refractivity contribution in [3.8, 4) is 0 Å². The molecule has 0 atom stereocenters. The van der Waals surface area contributed by atoms with Crippen LogP contribution >= 0.6 is 0 Å². The lowest BCUT2D eigenvalue weighted by Gasteiger charge is -2.33. The molecule has 0 bridgehead atoms. The number of amides is 3. The number of rotatable bonds is 3. The van der Waals surface area contributed by atoms with Gasteiger partial charge in [0.15, 0.2) is 0 Å². The smallest absolute Gasteiger partial charge is 0.312 e. The van der Waals surface area contributed by atoms with Crippen LogP contribution in [0.1, 0.15) is 6.92 Å². The quantitative estimate of drug-likeness (QED) is 0.490. The number of nitrogens with zero attached hydrogens (tertiary/aromatic N) is 2. The van der Waals surface area contributed by atoms with Crippen molar-refractivity contribution >= 4 is 17.7 Å². The first kappa shape index (κ1) is 14.4. The first-order valence-electron chi connectivity index (χ1n) is 5.87. The van der Waals surface area contributed by atoms with Crippen LogP contribution in [0, 0.1) is 0 Å². The van der Waals surface area contributed by atoms with Gasteiger partial charge in [-0.25, -0.2) is 0 Å². The van der Waals surface area contributed by atoms with E-state index >= 15 is 0 Å². The molecule has 1 fully saturated rings. The average molecular weight is 257 g/mol. The third-order valence-electron chi connectivity index (χ3n) is 2.80. The number of hydrogen-bond donors (Lipinski definition) is 1. The molecule has 0 aromatic heterocycles. The van der Waals surface area contributed by atoms with E-state index < -0.39 is 11.8 Å². The van der Waals surface area contributed by atoms with Crippen LogP contribution in [-0.2, 0) is 19.1 Å². The maximum atomic E-state index is 11.7. The predicted molar refractivity (Wildman–Crippen MR) is 63.7 cm³/mol. The Labute approximate surface area is 106 Å². The van der Waals surface area contributed by atoms with E-state index in [0.29, 0.717) is 39.3 Å². The van der Waals surface area contributed by atoms with E-state index in [1.54, 1.807) is 4.90 Å². The molecule has 0 aromatic carbocycles. The Morgan fingerprint density at radius 2 is 1.67 bits per heavy atom. The summed E-state index contributed by atoms with van der Waals surface area (Å²) in [5.41, 5.74) is 0. The molecule has 0 radical (unpaired) electrons. The topological polar surface area (TPSA) is 79.0 Å². The van der Waals surface area contributed by atoms with E-state index in [1.807, 2.05) is 0 Å². The molecule has 1 rings (SSSR count). The van der Waals surface area contributed by atoms with Gasteiger partial charge in [-0.1, -0.05) is 0 Å². The molecule has 1 saturated heterocycles. The third kappa shape index (κ3) is 3.99. The number of carbonyl (C=O) groups is 3. The van der Waals surface area contributed by atoms with Crippen molar-refractivity contribution in [2.75, 3.05) is 46.4 Å². The van der Waals surface area contributed by atoms with Gasteiger partial charge in [-0.2, -0.15) is 0 Å². The second-order valence-corrected chi connectivity index (χ2v) is 4.05. The fourth-order valence-electron chi connectivity index (χ4n) is 1.71. The van der Waals surface area contributed by atoms with Gasteiger partial charge in [-0.3, -0.25) is 14.4 Å². The van der Waals surface area contributed by atoms with Gasteiger partial charge < -0.3 is 19.9 Å². The van der Waals surface area contributed by atoms with Gasteiger partial charge in [0, 0.05) is 46.8 Å². The largest absolute Gasteiger partial charge is 0.383 e. The summed E-state index contributed by atoms with van der Waals surface area (Å²) in [5.74, 6) is -1.18. The lowest BCUT2D eigenvalue weighted by atomic mass is 10.3. The standard InChI is InChI=1S/C11H19N3O4/c1-9(15)13-4-6-14(7-5-13)11(17)10(16)12-3-8-18-2/h3-8H2,1-2H3,(H,12,16). The molecule has 3 amide bonds. The SMILES string of the molecule is COCCNC(=O)C(=O)N1CCN(C(C)=O)CC1. The molecule has 7 nitrogen and oxygen atoms in total. The van der Waals surface area contributed by atoms with Crippen LogP contribution < -0.4 is 5.32 Å². The van der Waals surface area contributed by atoms with Crippen molar-refractivity contribution < 1.29 is 19.1 Å². The summed E-state index contributed by atoms with van der Waals surface area (Å²) >= 11 is 0. The van der Waals surface area contributed by atoms with Crippen LogP contribution in [0.15, 0.2) is 0 Å². The van der Waals surface area contributed by atoms with Crippen LogP contribution in [0.4, 0.5) is 0 Å². The number of piperazine rings is 1. The Morgan fingerprint density at radius 3 is 2.17 bits per heavy atom. The highest BCUT2D eigenvalue weighted by Crippen LogP contribution is 2.02. The predicted octanol–water partition coefficient (Wildman–Crippen LogP) is -1.56. The fraction of sp³-hybridized carbons (Fsp3) is 0.727. The van der Waals surface area contributed by atoms with Gasteiger partial charge in [-0.15, -0.1) is 0 Å². The zero-order valence-corrected chi connectivity index (χ0v) is 10.8. The minimum absolute atomic E-state index is 0.00774. The number of hydrogen-bond acceptors (Lipinski definition) is 4. The lowest BCUT2D eigenvalue weighted by molar-refractivity contribution is -0.148. The van der Waals surface area contributed by atoms with Crippen molar-refractivity contribution in [1.82, 2.24) is 15.1 Å². The summed E-state index contributed by atoms with van der Waals surface area (Å²) in [7, 11) is 1.52. The van der Waals surface area contributed by atoms with Gasteiger partial charge in [0.05, 0.1) is 6.61 Å². The van der Waals surface area contributed by atoms with Gasteiger partial charge >= 0.3 is 11.8 Å². The van der Waals surface area contributed by atoms with Crippen molar-refractivity contribution in [1.29, 1.82) is 0 Å². The summed E-state index contributed by atoms with van der Waals surface area (Å²) in [5, 5.41) is 2.48. The molecule has 7 heteroatoms. The Morgan fingerprint density at radius 1 is 1.11 bits per heavy atom. The maximum Gasteiger partial charge on any atom is 0.312 e. The Balaban J connectivity index is 2.35. The molecule has 1 aliphatic heterocycles. The highest BCUT2D eigenvalue weighted by Gasteiger charge is 2.26. The van der Waals surface area contributed by atoms with Crippen molar-refractivity contribution in [3.63, 3.8) is 0 Å². The van der Waals surface area contributed by atoms with Crippen LogP contribution in [0.3, 0.4) is 0 Å². The molecule has 1 heterocycles. The van der Waals surface area contributed by atoms with Crippen molar-refractivity contribution in [2.45, 2.75) is 6.92 Å². The Kier molecular flexibility index (Phi) is 5.57. The molecule has 0 saturated carbocycles. The second-order valence-electron chi connectivity index (χ2n) is 4.05. The average Bonchev–Trinajstić information content (AvgIpc) is 2.38. The second kappa shape index (κ2) is 6.95. The Hall–Kier alpha value is -1.63.